The third kappa shape index (κ3) is 5.31. The Morgan fingerprint density at radius 3 is 2.61 bits per heavy atom. The van der Waals surface area contributed by atoms with Crippen molar-refractivity contribution < 1.29 is 27.8 Å². The minimum Gasteiger partial charge on any atom is -0.465 e. The van der Waals surface area contributed by atoms with Crippen LogP contribution in [-0.4, -0.2) is 53.5 Å². The summed E-state index contributed by atoms with van der Waals surface area (Å²) in [5.41, 5.74) is 0.733. The molecule has 2 rings (SSSR count). The van der Waals surface area contributed by atoms with E-state index in [2.05, 4.69) is 9.64 Å². The van der Waals surface area contributed by atoms with Crippen LogP contribution >= 0.6 is 0 Å². The molecule has 23 heavy (non-hydrogen) atoms. The number of likely N-dealkylation sites (tertiary alicyclic amines) is 1. The summed E-state index contributed by atoms with van der Waals surface area (Å²) in [6.45, 7) is 1.91. The summed E-state index contributed by atoms with van der Waals surface area (Å²) in [5.74, 6) is -0.226. The van der Waals surface area contributed by atoms with Gasteiger partial charge < -0.3 is 14.7 Å². The lowest BCUT2D eigenvalue weighted by molar-refractivity contribution is -0.274. The average Bonchev–Trinajstić information content (AvgIpc) is 2.46. The smallest absolute Gasteiger partial charge is 0.465 e. The van der Waals surface area contributed by atoms with E-state index >= 15 is 0 Å². The molecule has 0 aromatic heterocycles. The summed E-state index contributed by atoms with van der Waals surface area (Å²) in [4.78, 5) is 14.3. The molecule has 1 saturated heterocycles. The molecule has 0 atom stereocenters. The Balaban J connectivity index is 1.89. The number of piperidine rings is 1. The van der Waals surface area contributed by atoms with Gasteiger partial charge in [-0.3, -0.25) is 4.90 Å². The topological polar surface area (TPSA) is 53.0 Å². The molecule has 128 valence electrons. The molecule has 1 aliphatic heterocycles. The molecule has 0 radical (unpaired) electrons. The Hall–Kier alpha value is -1.96. The molecular formula is C15H19F3N2O3. The molecule has 0 spiro atoms. The van der Waals surface area contributed by atoms with Crippen molar-refractivity contribution in [3.63, 3.8) is 0 Å². The molecule has 1 aromatic rings. The quantitative estimate of drug-likeness (QED) is 0.920. The van der Waals surface area contributed by atoms with Crippen LogP contribution in [0.3, 0.4) is 0 Å². The van der Waals surface area contributed by atoms with Crippen molar-refractivity contribution in [1.82, 2.24) is 9.80 Å². The maximum atomic E-state index is 12.2. The number of amides is 1. The number of ether oxygens (including phenoxy) is 1. The second-order valence-corrected chi connectivity index (χ2v) is 5.60. The highest BCUT2D eigenvalue weighted by molar-refractivity contribution is 5.64. The first-order valence-corrected chi connectivity index (χ1v) is 7.27. The second kappa shape index (κ2) is 7.08. The summed E-state index contributed by atoms with van der Waals surface area (Å²) in [5, 5.41) is 8.97. The van der Waals surface area contributed by atoms with Crippen LogP contribution in [-0.2, 0) is 6.54 Å². The lowest BCUT2D eigenvalue weighted by Gasteiger charge is -2.35. The molecule has 1 N–H and O–H groups in total. The molecule has 1 heterocycles. The first-order valence-electron chi connectivity index (χ1n) is 7.27. The Morgan fingerprint density at radius 2 is 2.04 bits per heavy atom. The zero-order valence-electron chi connectivity index (χ0n) is 12.7. The second-order valence-electron chi connectivity index (χ2n) is 5.60. The molecule has 0 unspecified atom stereocenters. The highest BCUT2D eigenvalue weighted by Crippen LogP contribution is 2.24. The molecule has 0 aliphatic carbocycles. The van der Waals surface area contributed by atoms with Gasteiger partial charge in [-0.25, -0.2) is 4.79 Å². The number of rotatable bonds is 4. The van der Waals surface area contributed by atoms with Crippen molar-refractivity contribution >= 4 is 6.09 Å². The minimum absolute atomic E-state index is 0.0105. The standard InChI is InChI=1S/C15H19F3N2O3/c1-19(14(21)22)12-5-7-20(8-6-12)10-11-3-2-4-13(9-11)23-15(16,17)18/h2-4,9,12H,5-8,10H2,1H3,(H,21,22). The van der Waals surface area contributed by atoms with Crippen LogP contribution in [0.25, 0.3) is 0 Å². The van der Waals surface area contributed by atoms with Gasteiger partial charge in [0.2, 0.25) is 0 Å². The fraction of sp³-hybridized carbons (Fsp3) is 0.533. The van der Waals surface area contributed by atoms with E-state index in [1.165, 1.54) is 23.1 Å². The predicted octanol–water partition coefficient (Wildman–Crippen LogP) is 3.16. The van der Waals surface area contributed by atoms with Crippen molar-refractivity contribution in [2.75, 3.05) is 20.1 Å². The van der Waals surface area contributed by atoms with Gasteiger partial charge in [-0.05, 0) is 30.5 Å². The molecule has 5 nitrogen and oxygen atoms in total. The molecule has 1 amide bonds. The highest BCUT2D eigenvalue weighted by Gasteiger charge is 2.31. The molecule has 1 aromatic carbocycles. The van der Waals surface area contributed by atoms with E-state index in [0.717, 1.165) is 5.56 Å². The van der Waals surface area contributed by atoms with Crippen molar-refractivity contribution in [3.05, 3.63) is 29.8 Å². The van der Waals surface area contributed by atoms with Crippen LogP contribution in [0, 0.1) is 0 Å². The third-order valence-electron chi connectivity index (χ3n) is 3.94. The molecule has 0 bridgehead atoms. The number of nitrogens with zero attached hydrogens (tertiary/aromatic N) is 2. The van der Waals surface area contributed by atoms with Crippen LogP contribution in [0.5, 0.6) is 5.75 Å². The zero-order valence-corrected chi connectivity index (χ0v) is 12.7. The van der Waals surface area contributed by atoms with Crippen molar-refractivity contribution in [2.45, 2.75) is 31.8 Å². The fourth-order valence-electron chi connectivity index (χ4n) is 2.72. The van der Waals surface area contributed by atoms with Gasteiger partial charge in [-0.1, -0.05) is 12.1 Å². The number of hydrogen-bond acceptors (Lipinski definition) is 3. The van der Waals surface area contributed by atoms with Crippen LogP contribution in [0.15, 0.2) is 24.3 Å². The lowest BCUT2D eigenvalue weighted by Crippen LogP contribution is -2.44. The Kier molecular flexibility index (Phi) is 5.35. The Morgan fingerprint density at radius 1 is 1.39 bits per heavy atom. The van der Waals surface area contributed by atoms with Gasteiger partial charge in [0.15, 0.2) is 0 Å². The Bertz CT molecular complexity index is 543. The van der Waals surface area contributed by atoms with Crippen LogP contribution in [0.1, 0.15) is 18.4 Å². The number of carboxylic acid groups (broad SMARTS) is 1. The molecule has 0 saturated carbocycles. The largest absolute Gasteiger partial charge is 0.573 e. The molecule has 8 heteroatoms. The molecule has 1 aliphatic rings. The average molecular weight is 332 g/mol. The summed E-state index contributed by atoms with van der Waals surface area (Å²) in [7, 11) is 1.56. The number of alkyl halides is 3. The molecule has 1 fully saturated rings. The number of halogens is 3. The third-order valence-corrected chi connectivity index (χ3v) is 3.94. The zero-order chi connectivity index (χ0) is 17.0. The summed E-state index contributed by atoms with van der Waals surface area (Å²) in [6.07, 6.45) is -4.22. The van der Waals surface area contributed by atoms with E-state index in [1.807, 2.05) is 0 Å². The van der Waals surface area contributed by atoms with Crippen LogP contribution in [0.2, 0.25) is 0 Å². The highest BCUT2D eigenvalue weighted by atomic mass is 19.4. The van der Waals surface area contributed by atoms with Gasteiger partial charge in [-0.15, -0.1) is 13.2 Å². The van der Waals surface area contributed by atoms with Gasteiger partial charge in [0.05, 0.1) is 0 Å². The van der Waals surface area contributed by atoms with E-state index in [4.69, 9.17) is 5.11 Å². The number of carbonyl (C=O) groups is 1. The lowest BCUT2D eigenvalue weighted by atomic mass is 10.0. The van der Waals surface area contributed by atoms with Gasteiger partial charge in [-0.2, -0.15) is 0 Å². The van der Waals surface area contributed by atoms with Crippen LogP contribution in [0.4, 0.5) is 18.0 Å². The summed E-state index contributed by atoms with van der Waals surface area (Å²) < 4.78 is 40.6. The van der Waals surface area contributed by atoms with E-state index in [1.54, 1.807) is 13.1 Å². The maximum absolute atomic E-state index is 12.2. The van der Waals surface area contributed by atoms with Crippen molar-refractivity contribution in [1.29, 1.82) is 0 Å². The van der Waals surface area contributed by atoms with Gasteiger partial charge in [0, 0.05) is 32.7 Å². The first-order chi connectivity index (χ1) is 10.7. The summed E-state index contributed by atoms with van der Waals surface area (Å²) in [6, 6.07) is 5.91. The van der Waals surface area contributed by atoms with Gasteiger partial charge in [0.1, 0.15) is 5.75 Å². The monoisotopic (exact) mass is 332 g/mol. The van der Waals surface area contributed by atoms with E-state index in [0.29, 0.717) is 32.5 Å². The maximum Gasteiger partial charge on any atom is 0.573 e. The minimum atomic E-state index is -4.70. The van der Waals surface area contributed by atoms with Gasteiger partial charge >= 0.3 is 12.5 Å². The van der Waals surface area contributed by atoms with Crippen LogP contribution < -0.4 is 4.74 Å². The van der Waals surface area contributed by atoms with E-state index in [-0.39, 0.29) is 11.8 Å². The normalized spacial score (nSPS) is 17.0. The van der Waals surface area contributed by atoms with Crippen molar-refractivity contribution in [2.24, 2.45) is 0 Å². The van der Waals surface area contributed by atoms with Crippen molar-refractivity contribution in [3.8, 4) is 5.75 Å². The summed E-state index contributed by atoms with van der Waals surface area (Å²) >= 11 is 0. The van der Waals surface area contributed by atoms with E-state index in [9.17, 15) is 18.0 Å². The van der Waals surface area contributed by atoms with Gasteiger partial charge in [0.25, 0.3) is 0 Å². The number of hydrogen-bond donors (Lipinski definition) is 1. The molecular weight excluding hydrogens is 313 g/mol. The Labute approximate surface area is 132 Å². The van der Waals surface area contributed by atoms with E-state index < -0.39 is 12.5 Å². The fourth-order valence-corrected chi connectivity index (χ4v) is 2.72. The first kappa shape index (κ1) is 17.4. The SMILES string of the molecule is CN(C(=O)O)C1CCN(Cc2cccc(OC(F)(F)F)c2)CC1. The predicted molar refractivity (Wildman–Crippen MR) is 77.2 cm³/mol. The number of benzene rings is 1.